The van der Waals surface area contributed by atoms with Gasteiger partial charge in [-0.25, -0.2) is 0 Å². The molecule has 0 bridgehead atoms. The third-order valence-corrected chi connectivity index (χ3v) is 3.95. The Bertz CT molecular complexity index is 135. The van der Waals surface area contributed by atoms with Gasteiger partial charge in [0.1, 0.15) is 0 Å². The van der Waals surface area contributed by atoms with Crippen molar-refractivity contribution < 1.29 is 0 Å². The Morgan fingerprint density at radius 3 is 2.07 bits per heavy atom. The van der Waals surface area contributed by atoms with E-state index in [0.717, 1.165) is 5.92 Å². The Morgan fingerprint density at radius 2 is 1.60 bits per heavy atom. The van der Waals surface area contributed by atoms with Gasteiger partial charge in [0.15, 0.2) is 0 Å². The first-order chi connectivity index (χ1) is 7.05. The molecule has 0 radical (unpaired) electrons. The molecule has 92 valence electrons. The first kappa shape index (κ1) is 15.0. The summed E-state index contributed by atoms with van der Waals surface area (Å²) < 4.78 is 0. The lowest BCUT2D eigenvalue weighted by molar-refractivity contribution is 0.299. The number of rotatable bonds is 9. The van der Waals surface area contributed by atoms with E-state index in [1.165, 1.54) is 51.4 Å². The van der Waals surface area contributed by atoms with E-state index >= 15 is 0 Å². The summed E-state index contributed by atoms with van der Waals surface area (Å²) in [4.78, 5) is 0. The molecule has 0 rings (SSSR count). The van der Waals surface area contributed by atoms with Gasteiger partial charge < -0.3 is 0 Å². The molecule has 0 nitrogen and oxygen atoms in total. The highest BCUT2D eigenvalue weighted by Gasteiger charge is 2.14. The summed E-state index contributed by atoms with van der Waals surface area (Å²) in [5.41, 5.74) is 0.576. The number of hydrogen-bond donors (Lipinski definition) is 0. The first-order valence-corrected chi connectivity index (χ1v) is 7.05. The summed E-state index contributed by atoms with van der Waals surface area (Å²) in [6.45, 7) is 11.8. The van der Waals surface area contributed by atoms with Crippen LogP contribution < -0.4 is 0 Å². The molecule has 0 N–H and O–H groups in total. The van der Waals surface area contributed by atoms with Crippen LogP contribution >= 0.6 is 0 Å². The van der Waals surface area contributed by atoms with Crippen LogP contribution in [0.1, 0.15) is 86.0 Å². The standard InChI is InChI=1S/C15H32/c1-6-11-14(7-2)12-9-10-13-15(4,5)8-3/h14H,6-13H2,1-5H3. The molecule has 0 amide bonds. The summed E-state index contributed by atoms with van der Waals surface area (Å²) in [6, 6.07) is 0. The minimum Gasteiger partial charge on any atom is -0.0654 e. The molecule has 0 fully saturated rings. The zero-order valence-electron chi connectivity index (χ0n) is 11.7. The van der Waals surface area contributed by atoms with Gasteiger partial charge >= 0.3 is 0 Å². The number of hydrogen-bond acceptors (Lipinski definition) is 0. The van der Waals surface area contributed by atoms with Crippen molar-refractivity contribution in [3.8, 4) is 0 Å². The van der Waals surface area contributed by atoms with Crippen LogP contribution in [0.2, 0.25) is 0 Å². The molecule has 0 aliphatic rings. The summed E-state index contributed by atoms with van der Waals surface area (Å²) >= 11 is 0. The van der Waals surface area contributed by atoms with Gasteiger partial charge in [-0.1, -0.05) is 79.6 Å². The molecule has 0 saturated carbocycles. The van der Waals surface area contributed by atoms with E-state index in [2.05, 4.69) is 34.6 Å². The lowest BCUT2D eigenvalue weighted by atomic mass is 9.83. The molecule has 0 saturated heterocycles. The van der Waals surface area contributed by atoms with E-state index in [9.17, 15) is 0 Å². The van der Waals surface area contributed by atoms with Crippen molar-refractivity contribution >= 4 is 0 Å². The second-order valence-electron chi connectivity index (χ2n) is 5.83. The van der Waals surface area contributed by atoms with Gasteiger partial charge in [0.25, 0.3) is 0 Å². The first-order valence-electron chi connectivity index (χ1n) is 7.05. The van der Waals surface area contributed by atoms with Crippen molar-refractivity contribution in [3.63, 3.8) is 0 Å². The van der Waals surface area contributed by atoms with E-state index < -0.39 is 0 Å². The largest absolute Gasteiger partial charge is 0.0654 e. The Morgan fingerprint density at radius 1 is 0.933 bits per heavy atom. The summed E-state index contributed by atoms with van der Waals surface area (Å²) in [6.07, 6.45) is 11.2. The highest BCUT2D eigenvalue weighted by molar-refractivity contribution is 4.66. The predicted octanol–water partition coefficient (Wildman–Crippen LogP) is 5.81. The van der Waals surface area contributed by atoms with E-state index in [1.807, 2.05) is 0 Å². The van der Waals surface area contributed by atoms with E-state index in [1.54, 1.807) is 0 Å². The van der Waals surface area contributed by atoms with Crippen molar-refractivity contribution in [2.45, 2.75) is 86.0 Å². The topological polar surface area (TPSA) is 0 Å². The SMILES string of the molecule is CCCC(CC)CCCCC(C)(C)CC. The van der Waals surface area contributed by atoms with Gasteiger partial charge in [-0.3, -0.25) is 0 Å². The van der Waals surface area contributed by atoms with Crippen LogP contribution in [0.15, 0.2) is 0 Å². The van der Waals surface area contributed by atoms with Crippen molar-refractivity contribution in [1.82, 2.24) is 0 Å². The molecular weight excluding hydrogens is 180 g/mol. The highest BCUT2D eigenvalue weighted by Crippen LogP contribution is 2.28. The fourth-order valence-corrected chi connectivity index (χ4v) is 2.17. The molecule has 15 heavy (non-hydrogen) atoms. The highest BCUT2D eigenvalue weighted by atomic mass is 14.2. The van der Waals surface area contributed by atoms with Gasteiger partial charge in [0, 0.05) is 0 Å². The molecule has 0 aromatic carbocycles. The van der Waals surface area contributed by atoms with E-state index in [4.69, 9.17) is 0 Å². The Balaban J connectivity index is 3.52. The van der Waals surface area contributed by atoms with E-state index in [0.29, 0.717) is 5.41 Å². The van der Waals surface area contributed by atoms with Gasteiger partial charge in [0.05, 0.1) is 0 Å². The molecule has 1 unspecified atom stereocenters. The predicted molar refractivity (Wildman–Crippen MR) is 71.2 cm³/mol. The van der Waals surface area contributed by atoms with Crippen LogP contribution in [0.5, 0.6) is 0 Å². The average Bonchev–Trinajstić information content (AvgIpc) is 2.22. The quantitative estimate of drug-likeness (QED) is 0.423. The molecule has 0 heteroatoms. The van der Waals surface area contributed by atoms with Crippen LogP contribution in [-0.2, 0) is 0 Å². The van der Waals surface area contributed by atoms with Gasteiger partial charge in [0.2, 0.25) is 0 Å². The molecule has 1 atom stereocenters. The lowest BCUT2D eigenvalue weighted by Gasteiger charge is -2.22. The Hall–Kier alpha value is 0. The normalized spacial score (nSPS) is 14.2. The van der Waals surface area contributed by atoms with Crippen LogP contribution in [0.4, 0.5) is 0 Å². The third kappa shape index (κ3) is 7.88. The second kappa shape index (κ2) is 8.19. The van der Waals surface area contributed by atoms with Gasteiger partial charge in [-0.05, 0) is 17.8 Å². The fraction of sp³-hybridized carbons (Fsp3) is 1.00. The molecular formula is C15H32. The second-order valence-corrected chi connectivity index (χ2v) is 5.83. The minimum absolute atomic E-state index is 0.576. The maximum Gasteiger partial charge on any atom is -0.0357 e. The summed E-state index contributed by atoms with van der Waals surface area (Å²) in [7, 11) is 0. The Kier molecular flexibility index (Phi) is 8.19. The maximum atomic E-state index is 2.40. The van der Waals surface area contributed by atoms with Gasteiger partial charge in [-0.15, -0.1) is 0 Å². The lowest BCUT2D eigenvalue weighted by Crippen LogP contribution is -2.09. The fourth-order valence-electron chi connectivity index (χ4n) is 2.17. The summed E-state index contributed by atoms with van der Waals surface area (Å²) in [5.74, 6) is 1.000. The van der Waals surface area contributed by atoms with Crippen LogP contribution in [0.25, 0.3) is 0 Å². The third-order valence-electron chi connectivity index (χ3n) is 3.95. The van der Waals surface area contributed by atoms with Crippen LogP contribution in [-0.4, -0.2) is 0 Å². The van der Waals surface area contributed by atoms with Crippen molar-refractivity contribution in [1.29, 1.82) is 0 Å². The zero-order valence-corrected chi connectivity index (χ0v) is 11.7. The molecule has 0 aliphatic heterocycles. The molecule has 0 heterocycles. The molecule has 0 spiro atoms. The smallest absolute Gasteiger partial charge is 0.0357 e. The van der Waals surface area contributed by atoms with Crippen molar-refractivity contribution in [2.75, 3.05) is 0 Å². The van der Waals surface area contributed by atoms with Gasteiger partial charge in [-0.2, -0.15) is 0 Å². The maximum absolute atomic E-state index is 2.40. The van der Waals surface area contributed by atoms with Crippen molar-refractivity contribution in [2.24, 2.45) is 11.3 Å². The monoisotopic (exact) mass is 212 g/mol. The minimum atomic E-state index is 0.576. The zero-order chi connectivity index (χ0) is 11.7. The van der Waals surface area contributed by atoms with Crippen molar-refractivity contribution in [3.05, 3.63) is 0 Å². The molecule has 0 aromatic rings. The Labute approximate surface area is 97.8 Å². The average molecular weight is 212 g/mol. The van der Waals surface area contributed by atoms with Crippen LogP contribution in [0, 0.1) is 11.3 Å². The van der Waals surface area contributed by atoms with Crippen LogP contribution in [0.3, 0.4) is 0 Å². The molecule has 0 aliphatic carbocycles. The van der Waals surface area contributed by atoms with E-state index in [-0.39, 0.29) is 0 Å². The molecule has 0 aromatic heterocycles. The number of unbranched alkanes of at least 4 members (excludes halogenated alkanes) is 1. The summed E-state index contributed by atoms with van der Waals surface area (Å²) in [5, 5.41) is 0.